The Hall–Kier alpha value is -0.940. The van der Waals surface area contributed by atoms with E-state index in [1.54, 1.807) is 0 Å². The van der Waals surface area contributed by atoms with E-state index < -0.39 is 0 Å². The van der Waals surface area contributed by atoms with Crippen molar-refractivity contribution < 1.29 is 0 Å². The molecule has 90 valence electrons. The number of halogens is 1. The molecule has 2 aromatic heterocycles. The molecule has 1 aliphatic heterocycles. The molecule has 1 fully saturated rings. The number of rotatable bonds is 2. The predicted octanol–water partition coefficient (Wildman–Crippen LogP) is 2.48. The van der Waals surface area contributed by atoms with Gasteiger partial charge in [0.25, 0.3) is 0 Å². The second-order valence-electron chi connectivity index (χ2n) is 4.53. The number of aromatic nitrogens is 3. The second-order valence-corrected chi connectivity index (χ2v) is 5.44. The van der Waals surface area contributed by atoms with Gasteiger partial charge in [0, 0.05) is 10.7 Å². The number of piperidine rings is 1. The third-order valence-corrected chi connectivity index (χ3v) is 3.75. The van der Waals surface area contributed by atoms with Crippen LogP contribution in [-0.4, -0.2) is 32.6 Å². The SMILES string of the molecule is Brc1ccn2c(CN3CCCCC3)nnc2c1. The lowest BCUT2D eigenvalue weighted by Crippen LogP contribution is -2.29. The summed E-state index contributed by atoms with van der Waals surface area (Å²) in [7, 11) is 0. The van der Waals surface area contributed by atoms with E-state index in [4.69, 9.17) is 0 Å². The van der Waals surface area contributed by atoms with Crippen molar-refractivity contribution in [2.75, 3.05) is 13.1 Å². The van der Waals surface area contributed by atoms with Gasteiger partial charge in [0.2, 0.25) is 0 Å². The van der Waals surface area contributed by atoms with Crippen LogP contribution >= 0.6 is 15.9 Å². The lowest BCUT2D eigenvalue weighted by molar-refractivity contribution is 0.215. The zero-order valence-corrected chi connectivity index (χ0v) is 11.2. The highest BCUT2D eigenvalue weighted by Gasteiger charge is 2.13. The van der Waals surface area contributed by atoms with Crippen LogP contribution in [0.3, 0.4) is 0 Å². The van der Waals surface area contributed by atoms with Crippen molar-refractivity contribution >= 4 is 21.6 Å². The highest BCUT2D eigenvalue weighted by molar-refractivity contribution is 9.10. The van der Waals surface area contributed by atoms with Gasteiger partial charge in [-0.3, -0.25) is 9.30 Å². The van der Waals surface area contributed by atoms with E-state index in [0.717, 1.165) is 22.5 Å². The molecule has 0 saturated carbocycles. The first-order chi connectivity index (χ1) is 8.33. The molecule has 3 rings (SSSR count). The topological polar surface area (TPSA) is 33.4 Å². The summed E-state index contributed by atoms with van der Waals surface area (Å²) in [4.78, 5) is 2.46. The molecule has 0 amide bonds. The molecule has 17 heavy (non-hydrogen) atoms. The molecule has 5 heteroatoms. The largest absolute Gasteiger partial charge is 0.296 e. The number of pyridine rings is 1. The van der Waals surface area contributed by atoms with Gasteiger partial charge in [-0.05, 0) is 38.1 Å². The number of fused-ring (bicyclic) bond motifs is 1. The lowest BCUT2D eigenvalue weighted by atomic mass is 10.1. The van der Waals surface area contributed by atoms with Crippen LogP contribution in [0.1, 0.15) is 25.1 Å². The van der Waals surface area contributed by atoms with Gasteiger partial charge in [0.05, 0.1) is 6.54 Å². The minimum Gasteiger partial charge on any atom is -0.296 e. The fourth-order valence-electron chi connectivity index (χ4n) is 2.34. The average Bonchev–Trinajstić information content (AvgIpc) is 2.73. The molecular weight excluding hydrogens is 280 g/mol. The molecule has 0 spiro atoms. The highest BCUT2D eigenvalue weighted by Crippen LogP contribution is 2.15. The Morgan fingerprint density at radius 3 is 2.82 bits per heavy atom. The van der Waals surface area contributed by atoms with Crippen molar-refractivity contribution in [1.82, 2.24) is 19.5 Å². The van der Waals surface area contributed by atoms with Crippen molar-refractivity contribution in [3.63, 3.8) is 0 Å². The molecule has 1 saturated heterocycles. The fourth-order valence-corrected chi connectivity index (χ4v) is 2.66. The third kappa shape index (κ3) is 2.35. The Balaban J connectivity index is 1.84. The maximum absolute atomic E-state index is 4.28. The highest BCUT2D eigenvalue weighted by atomic mass is 79.9. The monoisotopic (exact) mass is 294 g/mol. The zero-order chi connectivity index (χ0) is 11.7. The predicted molar refractivity (Wildman–Crippen MR) is 69.8 cm³/mol. The third-order valence-electron chi connectivity index (χ3n) is 3.26. The molecule has 0 unspecified atom stereocenters. The summed E-state index contributed by atoms with van der Waals surface area (Å²) in [5, 5.41) is 8.48. The first kappa shape index (κ1) is 11.2. The fraction of sp³-hybridized carbons (Fsp3) is 0.500. The zero-order valence-electron chi connectivity index (χ0n) is 9.64. The van der Waals surface area contributed by atoms with Crippen LogP contribution in [0.2, 0.25) is 0 Å². The number of hydrogen-bond acceptors (Lipinski definition) is 3. The summed E-state index contributed by atoms with van der Waals surface area (Å²) in [6.07, 6.45) is 6.01. The summed E-state index contributed by atoms with van der Waals surface area (Å²) in [6, 6.07) is 4.02. The van der Waals surface area contributed by atoms with Gasteiger partial charge >= 0.3 is 0 Å². The molecule has 0 radical (unpaired) electrons. The maximum Gasteiger partial charge on any atom is 0.161 e. The molecule has 0 aromatic carbocycles. The van der Waals surface area contributed by atoms with Crippen LogP contribution in [-0.2, 0) is 6.54 Å². The van der Waals surface area contributed by atoms with E-state index >= 15 is 0 Å². The van der Waals surface area contributed by atoms with E-state index in [9.17, 15) is 0 Å². The van der Waals surface area contributed by atoms with Gasteiger partial charge in [-0.25, -0.2) is 0 Å². The molecule has 4 nitrogen and oxygen atoms in total. The van der Waals surface area contributed by atoms with Gasteiger partial charge < -0.3 is 0 Å². The summed E-state index contributed by atoms with van der Waals surface area (Å²) in [5.41, 5.74) is 0.909. The van der Waals surface area contributed by atoms with Gasteiger partial charge in [-0.15, -0.1) is 10.2 Å². The minimum absolute atomic E-state index is 0.906. The number of nitrogens with zero attached hydrogens (tertiary/aromatic N) is 4. The molecule has 3 heterocycles. The van der Waals surface area contributed by atoms with Crippen molar-refractivity contribution in [2.45, 2.75) is 25.8 Å². The van der Waals surface area contributed by atoms with E-state index in [0.29, 0.717) is 0 Å². The van der Waals surface area contributed by atoms with Crippen molar-refractivity contribution in [3.8, 4) is 0 Å². The smallest absolute Gasteiger partial charge is 0.161 e. The molecule has 1 aliphatic rings. The van der Waals surface area contributed by atoms with Gasteiger partial charge in [-0.2, -0.15) is 0 Å². The van der Waals surface area contributed by atoms with Gasteiger partial charge in [0.15, 0.2) is 11.5 Å². The molecule has 0 atom stereocenters. The normalized spacial score (nSPS) is 17.7. The van der Waals surface area contributed by atoms with E-state index in [1.165, 1.54) is 32.4 Å². The van der Waals surface area contributed by atoms with E-state index in [1.807, 2.05) is 18.3 Å². The first-order valence-corrected chi connectivity index (χ1v) is 6.84. The van der Waals surface area contributed by atoms with Crippen LogP contribution in [0.25, 0.3) is 5.65 Å². The van der Waals surface area contributed by atoms with E-state index in [-0.39, 0.29) is 0 Å². The Kier molecular flexibility index (Phi) is 3.11. The summed E-state index contributed by atoms with van der Waals surface area (Å²) >= 11 is 3.45. The van der Waals surface area contributed by atoms with Crippen LogP contribution < -0.4 is 0 Å². The summed E-state index contributed by atoms with van der Waals surface area (Å²) < 4.78 is 3.11. The van der Waals surface area contributed by atoms with Crippen molar-refractivity contribution in [3.05, 3.63) is 28.6 Å². The van der Waals surface area contributed by atoms with Gasteiger partial charge in [-0.1, -0.05) is 22.4 Å². The molecule has 0 aliphatic carbocycles. The molecule has 0 bridgehead atoms. The standard InChI is InChI=1S/C12H15BrN4/c13-10-4-7-17-11(8-10)14-15-12(17)9-16-5-2-1-3-6-16/h4,7-8H,1-3,5-6,9H2. The number of hydrogen-bond donors (Lipinski definition) is 0. The number of likely N-dealkylation sites (tertiary alicyclic amines) is 1. The van der Waals surface area contributed by atoms with Crippen LogP contribution in [0.4, 0.5) is 0 Å². The first-order valence-electron chi connectivity index (χ1n) is 6.04. The van der Waals surface area contributed by atoms with Gasteiger partial charge in [0.1, 0.15) is 0 Å². The minimum atomic E-state index is 0.906. The van der Waals surface area contributed by atoms with E-state index in [2.05, 4.69) is 35.4 Å². The Morgan fingerprint density at radius 2 is 2.00 bits per heavy atom. The molecule has 2 aromatic rings. The lowest BCUT2D eigenvalue weighted by Gasteiger charge is -2.25. The maximum atomic E-state index is 4.28. The Bertz CT molecular complexity index is 516. The van der Waals surface area contributed by atoms with Crippen LogP contribution in [0, 0.1) is 0 Å². The molecule has 0 N–H and O–H groups in total. The van der Waals surface area contributed by atoms with Crippen LogP contribution in [0.5, 0.6) is 0 Å². The Labute approximate surface area is 109 Å². The molecular formula is C12H15BrN4. The summed E-state index contributed by atoms with van der Waals surface area (Å²) in [6.45, 7) is 3.28. The average molecular weight is 295 g/mol. The Morgan fingerprint density at radius 1 is 1.18 bits per heavy atom. The second kappa shape index (κ2) is 4.74. The van der Waals surface area contributed by atoms with Crippen molar-refractivity contribution in [1.29, 1.82) is 0 Å². The summed E-state index contributed by atoms with van der Waals surface area (Å²) in [5.74, 6) is 1.04. The van der Waals surface area contributed by atoms with Crippen LogP contribution in [0.15, 0.2) is 22.8 Å². The quantitative estimate of drug-likeness (QED) is 0.853. The van der Waals surface area contributed by atoms with Crippen molar-refractivity contribution in [2.24, 2.45) is 0 Å².